The highest BCUT2D eigenvalue weighted by Crippen LogP contribution is 2.38. The molecule has 0 bridgehead atoms. The lowest BCUT2D eigenvalue weighted by atomic mass is 9.90. The van der Waals surface area contributed by atoms with E-state index in [9.17, 15) is 14.7 Å². The third-order valence-electron chi connectivity index (χ3n) is 7.12. The summed E-state index contributed by atoms with van der Waals surface area (Å²) in [5, 5.41) is 10.1. The van der Waals surface area contributed by atoms with Crippen LogP contribution in [0.2, 0.25) is 0 Å². The van der Waals surface area contributed by atoms with Crippen molar-refractivity contribution in [2.24, 2.45) is 0 Å². The largest absolute Gasteiger partial charge is 0.382 e. The molecule has 38 heavy (non-hydrogen) atoms. The van der Waals surface area contributed by atoms with Crippen molar-refractivity contribution < 1.29 is 19.4 Å². The molecule has 1 N–H and O–H groups in total. The van der Waals surface area contributed by atoms with E-state index in [0.29, 0.717) is 24.3 Å². The summed E-state index contributed by atoms with van der Waals surface area (Å²) >= 11 is 1.80. The van der Waals surface area contributed by atoms with Crippen molar-refractivity contribution in [3.05, 3.63) is 107 Å². The minimum atomic E-state index is -1.42. The van der Waals surface area contributed by atoms with Crippen LogP contribution >= 0.6 is 11.8 Å². The molecule has 0 radical (unpaired) electrons. The van der Waals surface area contributed by atoms with Crippen LogP contribution in [0.3, 0.4) is 0 Å². The molecule has 0 aliphatic carbocycles. The Hall–Kier alpha value is -2.77. The minimum absolute atomic E-state index is 0.0119. The molecule has 1 fully saturated rings. The van der Waals surface area contributed by atoms with Crippen LogP contribution < -0.4 is 0 Å². The number of rotatable bonds is 10. The van der Waals surface area contributed by atoms with Crippen LogP contribution in [-0.4, -0.2) is 59.0 Å². The number of ketones is 2. The predicted octanol–water partition coefficient (Wildman–Crippen LogP) is 5.96. The van der Waals surface area contributed by atoms with Crippen molar-refractivity contribution in [3.63, 3.8) is 0 Å². The highest BCUT2D eigenvalue weighted by atomic mass is 32.2. The number of thioether (sulfide) groups is 1. The SMILES string of the molecule is CC(C)(O)C(=O)c1ccc(C(SCc2ccccc2)c2ccc(C(=O)C(C)(C)N3CCOCC3)cc2)cc1. The normalized spacial score (nSPS) is 15.7. The Kier molecular flexibility index (Phi) is 8.89. The fourth-order valence-corrected chi connectivity index (χ4v) is 5.98. The molecular formula is C32H37NO4S. The third kappa shape index (κ3) is 6.62. The zero-order valence-electron chi connectivity index (χ0n) is 22.6. The van der Waals surface area contributed by atoms with Crippen molar-refractivity contribution in [2.45, 2.75) is 49.8 Å². The van der Waals surface area contributed by atoms with E-state index in [2.05, 4.69) is 17.0 Å². The Morgan fingerprint density at radius 1 is 0.816 bits per heavy atom. The fourth-order valence-electron chi connectivity index (χ4n) is 4.73. The minimum Gasteiger partial charge on any atom is -0.382 e. The molecular weight excluding hydrogens is 494 g/mol. The van der Waals surface area contributed by atoms with Crippen molar-refractivity contribution >= 4 is 23.3 Å². The molecule has 200 valence electrons. The van der Waals surface area contributed by atoms with Crippen molar-refractivity contribution in [1.29, 1.82) is 0 Å². The molecule has 1 saturated heterocycles. The molecule has 1 aliphatic rings. The van der Waals surface area contributed by atoms with Gasteiger partial charge in [0.1, 0.15) is 5.60 Å². The van der Waals surface area contributed by atoms with Gasteiger partial charge in [-0.05, 0) is 44.4 Å². The van der Waals surface area contributed by atoms with Gasteiger partial charge >= 0.3 is 0 Å². The van der Waals surface area contributed by atoms with Gasteiger partial charge < -0.3 is 9.84 Å². The molecule has 0 spiro atoms. The summed E-state index contributed by atoms with van der Waals surface area (Å²) in [5.41, 5.74) is 2.55. The highest BCUT2D eigenvalue weighted by molar-refractivity contribution is 7.98. The predicted molar refractivity (Wildman–Crippen MR) is 154 cm³/mol. The first-order valence-corrected chi connectivity index (χ1v) is 14.1. The third-order valence-corrected chi connectivity index (χ3v) is 8.50. The first-order valence-electron chi connectivity index (χ1n) is 13.1. The Labute approximate surface area is 230 Å². The molecule has 3 aromatic rings. The number of aliphatic hydroxyl groups is 1. The van der Waals surface area contributed by atoms with Gasteiger partial charge in [-0.2, -0.15) is 0 Å². The molecule has 0 amide bonds. The van der Waals surface area contributed by atoms with E-state index in [0.717, 1.165) is 30.0 Å². The molecule has 3 aromatic carbocycles. The maximum atomic E-state index is 13.5. The standard InChI is InChI=1S/C32H37NO4S/c1-31(2,33-18-20-37-21-19-33)29(34)26-14-10-24(11-15-26)28(38-22-23-8-6-5-7-9-23)25-12-16-27(17-13-25)30(35)32(3,4)36/h5-17,28,36H,18-22H2,1-4H3. The van der Waals surface area contributed by atoms with Gasteiger partial charge in [0.25, 0.3) is 0 Å². The van der Waals surface area contributed by atoms with Crippen molar-refractivity contribution in [3.8, 4) is 0 Å². The Morgan fingerprint density at radius 3 is 1.82 bits per heavy atom. The van der Waals surface area contributed by atoms with E-state index >= 15 is 0 Å². The molecule has 1 unspecified atom stereocenters. The summed E-state index contributed by atoms with van der Waals surface area (Å²) < 4.78 is 5.47. The Bertz CT molecular complexity index is 1230. The lowest BCUT2D eigenvalue weighted by molar-refractivity contribution is -0.00430. The van der Waals surface area contributed by atoms with Crippen LogP contribution in [0.25, 0.3) is 0 Å². The first-order chi connectivity index (χ1) is 18.1. The van der Waals surface area contributed by atoms with Crippen LogP contribution in [0.4, 0.5) is 0 Å². The number of benzene rings is 3. The summed E-state index contributed by atoms with van der Waals surface area (Å²) in [6, 6.07) is 25.8. The zero-order valence-corrected chi connectivity index (χ0v) is 23.5. The van der Waals surface area contributed by atoms with Gasteiger partial charge in [-0.1, -0.05) is 78.9 Å². The van der Waals surface area contributed by atoms with Gasteiger partial charge in [-0.3, -0.25) is 14.5 Å². The summed E-state index contributed by atoms with van der Waals surface area (Å²) in [4.78, 5) is 28.2. The zero-order chi connectivity index (χ0) is 27.3. The number of morpholine rings is 1. The van der Waals surface area contributed by atoms with E-state index in [4.69, 9.17) is 4.74 Å². The van der Waals surface area contributed by atoms with Crippen LogP contribution in [0.1, 0.15) is 70.4 Å². The molecule has 1 atom stereocenters. The van der Waals surface area contributed by atoms with Crippen LogP contribution in [0.5, 0.6) is 0 Å². The average molecular weight is 532 g/mol. The number of hydrogen-bond acceptors (Lipinski definition) is 6. The molecule has 5 nitrogen and oxygen atoms in total. The second-order valence-corrected chi connectivity index (χ2v) is 11.9. The summed E-state index contributed by atoms with van der Waals surface area (Å²) in [6.07, 6.45) is 0. The van der Waals surface area contributed by atoms with Gasteiger partial charge in [-0.15, -0.1) is 11.8 Å². The lowest BCUT2D eigenvalue weighted by Crippen LogP contribution is -2.54. The maximum Gasteiger partial charge on any atom is 0.193 e. The molecule has 1 aliphatic heterocycles. The van der Waals surface area contributed by atoms with Gasteiger partial charge in [0.15, 0.2) is 11.6 Å². The number of carbonyl (C=O) groups is 2. The number of hydrogen-bond donors (Lipinski definition) is 1. The van der Waals surface area contributed by atoms with Gasteiger partial charge in [0, 0.05) is 30.0 Å². The topological polar surface area (TPSA) is 66.8 Å². The molecule has 6 heteroatoms. The molecule has 4 rings (SSSR count). The quantitative estimate of drug-likeness (QED) is 0.326. The van der Waals surface area contributed by atoms with Crippen molar-refractivity contribution in [2.75, 3.05) is 26.3 Å². The first kappa shape index (κ1) is 28.2. The number of carbonyl (C=O) groups excluding carboxylic acids is 2. The Balaban J connectivity index is 1.59. The van der Waals surface area contributed by atoms with Gasteiger partial charge in [0.05, 0.1) is 24.0 Å². The van der Waals surface area contributed by atoms with E-state index < -0.39 is 11.1 Å². The molecule has 0 saturated carbocycles. The molecule has 1 heterocycles. The van der Waals surface area contributed by atoms with E-state index in [1.165, 1.54) is 19.4 Å². The second kappa shape index (κ2) is 12.0. The highest BCUT2D eigenvalue weighted by Gasteiger charge is 2.36. The number of Topliss-reactive ketones (excluding diaryl/α,β-unsaturated/α-hetero) is 2. The monoisotopic (exact) mass is 531 g/mol. The summed E-state index contributed by atoms with van der Waals surface area (Å²) in [6.45, 7) is 9.79. The molecule has 0 aromatic heterocycles. The van der Waals surface area contributed by atoms with Crippen molar-refractivity contribution in [1.82, 2.24) is 4.90 Å². The number of ether oxygens (including phenoxy) is 1. The Morgan fingerprint density at radius 2 is 1.32 bits per heavy atom. The van der Waals surface area contributed by atoms with E-state index in [1.54, 1.807) is 23.9 Å². The van der Waals surface area contributed by atoms with Gasteiger partial charge in [0.2, 0.25) is 0 Å². The lowest BCUT2D eigenvalue weighted by Gasteiger charge is -2.39. The summed E-state index contributed by atoms with van der Waals surface area (Å²) in [7, 11) is 0. The maximum absolute atomic E-state index is 13.5. The second-order valence-electron chi connectivity index (χ2n) is 10.8. The van der Waals surface area contributed by atoms with E-state index in [1.807, 2.05) is 68.4 Å². The fraction of sp³-hybridized carbons (Fsp3) is 0.375. The van der Waals surface area contributed by atoms with Crippen LogP contribution in [-0.2, 0) is 10.5 Å². The average Bonchev–Trinajstić information content (AvgIpc) is 2.93. The van der Waals surface area contributed by atoms with E-state index in [-0.39, 0.29) is 16.8 Å². The number of nitrogens with zero attached hydrogens (tertiary/aromatic N) is 1. The van der Waals surface area contributed by atoms with Crippen LogP contribution in [0, 0.1) is 0 Å². The smallest absolute Gasteiger partial charge is 0.193 e. The van der Waals surface area contributed by atoms with Crippen LogP contribution in [0.15, 0.2) is 78.9 Å². The van der Waals surface area contributed by atoms with Gasteiger partial charge in [-0.25, -0.2) is 0 Å². The summed E-state index contributed by atoms with van der Waals surface area (Å²) in [5.74, 6) is 0.623.